The minimum absolute atomic E-state index is 0.0651. The molecule has 3 rings (SSSR count). The molecule has 3 nitrogen and oxygen atoms in total. The van der Waals surface area contributed by atoms with Crippen molar-refractivity contribution in [3.63, 3.8) is 0 Å². The molecule has 2 N–H and O–H groups in total. The third kappa shape index (κ3) is 3.87. The lowest BCUT2D eigenvalue weighted by Crippen LogP contribution is -1.93. The van der Waals surface area contributed by atoms with E-state index in [-0.39, 0.29) is 17.0 Å². The first-order valence-electron chi connectivity index (χ1n) is 7.29. The van der Waals surface area contributed by atoms with E-state index in [1.54, 1.807) is 12.1 Å². The number of halogens is 2. The molecular weight excluding hydrogens is 359 g/mol. The smallest absolute Gasteiger partial charge is 0.148 e. The number of nitriles is 1. The second-order valence-corrected chi connectivity index (χ2v) is 6.46. The Balaban J connectivity index is 1.87. The van der Waals surface area contributed by atoms with Crippen molar-refractivity contribution in [2.75, 3.05) is 4.72 Å². The van der Waals surface area contributed by atoms with Crippen molar-refractivity contribution in [2.24, 2.45) is 0 Å². The van der Waals surface area contributed by atoms with Crippen LogP contribution in [0.2, 0.25) is 5.02 Å². The Morgan fingerprint density at radius 2 is 1.80 bits per heavy atom. The summed E-state index contributed by atoms with van der Waals surface area (Å²) in [6, 6.07) is 19.1. The quantitative estimate of drug-likeness (QED) is 0.566. The van der Waals surface area contributed by atoms with Gasteiger partial charge in [-0.15, -0.1) is 0 Å². The van der Waals surface area contributed by atoms with E-state index in [1.165, 1.54) is 18.2 Å². The topological polar surface area (TPSA) is 56.0 Å². The van der Waals surface area contributed by atoms with Gasteiger partial charge in [0.25, 0.3) is 0 Å². The first-order valence-corrected chi connectivity index (χ1v) is 8.48. The number of phenols is 1. The maximum Gasteiger partial charge on any atom is 0.148 e. The van der Waals surface area contributed by atoms with Crippen molar-refractivity contribution >= 4 is 29.2 Å². The van der Waals surface area contributed by atoms with E-state index >= 15 is 0 Å². The van der Waals surface area contributed by atoms with Gasteiger partial charge >= 0.3 is 0 Å². The molecule has 0 fully saturated rings. The van der Waals surface area contributed by atoms with Gasteiger partial charge in [-0.1, -0.05) is 48.0 Å². The Morgan fingerprint density at radius 1 is 1.04 bits per heavy atom. The molecule has 0 unspecified atom stereocenters. The number of nitrogens with one attached hydrogen (secondary N) is 1. The molecule has 25 heavy (non-hydrogen) atoms. The van der Waals surface area contributed by atoms with E-state index in [9.17, 15) is 9.50 Å². The fraction of sp³-hybridized carbons (Fsp3) is 0. The van der Waals surface area contributed by atoms with Crippen LogP contribution in [0.15, 0.2) is 65.6 Å². The fourth-order valence-electron chi connectivity index (χ4n) is 2.26. The number of hydrogen-bond acceptors (Lipinski definition) is 4. The minimum atomic E-state index is -0.422. The van der Waals surface area contributed by atoms with Crippen LogP contribution in [0.4, 0.5) is 10.1 Å². The van der Waals surface area contributed by atoms with Crippen LogP contribution in [-0.2, 0) is 0 Å². The van der Waals surface area contributed by atoms with E-state index in [0.717, 1.165) is 23.1 Å². The molecule has 0 aliphatic rings. The Hall–Kier alpha value is -2.68. The number of aromatic hydroxyl groups is 1. The van der Waals surface area contributed by atoms with Crippen molar-refractivity contribution in [3.8, 4) is 22.9 Å². The first kappa shape index (κ1) is 17.2. The second-order valence-electron chi connectivity index (χ2n) is 5.18. The lowest BCUT2D eigenvalue weighted by Gasteiger charge is -2.11. The largest absolute Gasteiger partial charge is 0.505 e. The summed E-state index contributed by atoms with van der Waals surface area (Å²) in [6.45, 7) is 0. The summed E-state index contributed by atoms with van der Waals surface area (Å²) in [5.74, 6) is -0.613. The van der Waals surface area contributed by atoms with E-state index < -0.39 is 5.82 Å². The second kappa shape index (κ2) is 7.47. The highest BCUT2D eigenvalue weighted by Crippen LogP contribution is 2.36. The average molecular weight is 371 g/mol. The zero-order chi connectivity index (χ0) is 17.8. The zero-order valence-electron chi connectivity index (χ0n) is 12.8. The standard InChI is InChI=1S/C19H12ClFN2OS/c20-15-8-14(11-22)19(24)18(10-15)25-23-17-9-13(6-7-16(17)21)12-4-2-1-3-5-12/h1-10,23-24H. The van der Waals surface area contributed by atoms with Crippen molar-refractivity contribution < 1.29 is 9.50 Å². The summed E-state index contributed by atoms with van der Waals surface area (Å²) < 4.78 is 17.0. The molecule has 0 aromatic heterocycles. The third-order valence-corrected chi connectivity index (χ3v) is 4.58. The van der Waals surface area contributed by atoms with Crippen LogP contribution >= 0.6 is 23.5 Å². The summed E-state index contributed by atoms with van der Waals surface area (Å²) in [7, 11) is 0. The highest BCUT2D eigenvalue weighted by molar-refractivity contribution is 8.00. The third-order valence-electron chi connectivity index (χ3n) is 3.50. The summed E-state index contributed by atoms with van der Waals surface area (Å²) in [5, 5.41) is 19.4. The van der Waals surface area contributed by atoms with Crippen LogP contribution in [0, 0.1) is 17.1 Å². The van der Waals surface area contributed by atoms with Crippen molar-refractivity contribution in [3.05, 3.63) is 77.1 Å². The molecule has 0 bridgehead atoms. The predicted molar refractivity (Wildman–Crippen MR) is 99.1 cm³/mol. The van der Waals surface area contributed by atoms with Crippen LogP contribution in [-0.4, -0.2) is 5.11 Å². The van der Waals surface area contributed by atoms with Crippen molar-refractivity contribution in [1.82, 2.24) is 0 Å². The first-order chi connectivity index (χ1) is 12.1. The van der Waals surface area contributed by atoms with Crippen LogP contribution < -0.4 is 4.72 Å². The lowest BCUT2D eigenvalue weighted by molar-refractivity contribution is 0.460. The number of benzene rings is 3. The van der Waals surface area contributed by atoms with Gasteiger partial charge in [-0.3, -0.25) is 0 Å². The van der Waals surface area contributed by atoms with Gasteiger partial charge in [0, 0.05) is 5.02 Å². The fourth-order valence-corrected chi connectivity index (χ4v) is 3.31. The SMILES string of the molecule is N#Cc1cc(Cl)cc(SNc2cc(-c3ccccc3)ccc2F)c1O. The molecule has 3 aromatic rings. The number of anilines is 1. The van der Waals surface area contributed by atoms with Crippen LogP contribution in [0.3, 0.4) is 0 Å². The number of nitrogens with zero attached hydrogens (tertiary/aromatic N) is 1. The van der Waals surface area contributed by atoms with Gasteiger partial charge in [0.2, 0.25) is 0 Å². The number of hydrogen-bond donors (Lipinski definition) is 2. The molecule has 6 heteroatoms. The molecule has 0 saturated heterocycles. The molecule has 0 amide bonds. The Labute approximate surface area is 153 Å². The highest BCUT2D eigenvalue weighted by atomic mass is 35.5. The number of phenolic OH excluding ortho intramolecular Hbond substituents is 1. The normalized spacial score (nSPS) is 10.3. The molecular formula is C19H12ClFN2OS. The maximum absolute atomic E-state index is 14.1. The average Bonchev–Trinajstić information content (AvgIpc) is 2.64. The van der Waals surface area contributed by atoms with Crippen LogP contribution in [0.1, 0.15) is 5.56 Å². The summed E-state index contributed by atoms with van der Waals surface area (Å²) >= 11 is 6.93. The lowest BCUT2D eigenvalue weighted by atomic mass is 10.1. The maximum atomic E-state index is 14.1. The van der Waals surface area contributed by atoms with Gasteiger partial charge in [-0.25, -0.2) is 4.39 Å². The van der Waals surface area contributed by atoms with Gasteiger partial charge < -0.3 is 9.83 Å². The molecule has 0 heterocycles. The highest BCUT2D eigenvalue weighted by Gasteiger charge is 2.12. The monoisotopic (exact) mass is 370 g/mol. The zero-order valence-corrected chi connectivity index (χ0v) is 14.4. The van der Waals surface area contributed by atoms with Crippen molar-refractivity contribution in [1.29, 1.82) is 5.26 Å². The Morgan fingerprint density at radius 3 is 2.52 bits per heavy atom. The van der Waals surface area contributed by atoms with E-state index in [4.69, 9.17) is 16.9 Å². The van der Waals surface area contributed by atoms with E-state index in [2.05, 4.69) is 4.72 Å². The molecule has 0 spiro atoms. The molecule has 0 aliphatic heterocycles. The molecule has 0 atom stereocenters. The van der Waals surface area contributed by atoms with Gasteiger partial charge in [0.15, 0.2) is 0 Å². The summed E-state index contributed by atoms with van der Waals surface area (Å²) in [5.41, 5.74) is 2.16. The molecule has 0 aliphatic carbocycles. The van der Waals surface area contributed by atoms with Gasteiger partial charge in [-0.05, 0) is 47.3 Å². The Kier molecular flexibility index (Phi) is 5.13. The van der Waals surface area contributed by atoms with Crippen LogP contribution in [0.5, 0.6) is 5.75 Å². The molecule has 3 aromatic carbocycles. The number of rotatable bonds is 4. The molecule has 0 radical (unpaired) electrons. The summed E-state index contributed by atoms with van der Waals surface area (Å²) in [4.78, 5) is 0.341. The van der Waals surface area contributed by atoms with E-state index in [0.29, 0.717) is 9.92 Å². The van der Waals surface area contributed by atoms with Gasteiger partial charge in [-0.2, -0.15) is 5.26 Å². The van der Waals surface area contributed by atoms with E-state index in [1.807, 2.05) is 36.4 Å². The van der Waals surface area contributed by atoms with Gasteiger partial charge in [0.1, 0.15) is 17.6 Å². The summed E-state index contributed by atoms with van der Waals surface area (Å²) in [6.07, 6.45) is 0. The predicted octanol–water partition coefficient (Wildman–Crippen LogP) is 5.84. The van der Waals surface area contributed by atoms with Gasteiger partial charge in [0.05, 0.1) is 16.1 Å². The Bertz CT molecular complexity index is 958. The van der Waals surface area contributed by atoms with Crippen molar-refractivity contribution in [2.45, 2.75) is 4.90 Å². The molecule has 124 valence electrons. The molecule has 0 saturated carbocycles. The minimum Gasteiger partial charge on any atom is -0.505 e. The van der Waals surface area contributed by atoms with Crippen LogP contribution in [0.25, 0.3) is 11.1 Å².